The van der Waals surface area contributed by atoms with E-state index in [-0.39, 0.29) is 35.2 Å². The van der Waals surface area contributed by atoms with Crippen LogP contribution in [-0.4, -0.2) is 61.7 Å². The second-order valence-electron chi connectivity index (χ2n) is 7.44. The third kappa shape index (κ3) is 4.32. The van der Waals surface area contributed by atoms with Crippen LogP contribution in [0.4, 0.5) is 0 Å². The van der Waals surface area contributed by atoms with E-state index in [0.29, 0.717) is 5.02 Å². The van der Waals surface area contributed by atoms with Gasteiger partial charge in [0.15, 0.2) is 9.84 Å². The van der Waals surface area contributed by atoms with Gasteiger partial charge < -0.3 is 5.32 Å². The molecule has 0 radical (unpaired) electrons. The summed E-state index contributed by atoms with van der Waals surface area (Å²) < 4.78 is 24.3. The predicted octanol–water partition coefficient (Wildman–Crippen LogP) is 2.96. The number of carbonyl (C=O) groups is 1. The molecule has 150 valence electrons. The third-order valence-corrected chi connectivity index (χ3v) is 8.54. The fraction of sp³-hybridized carbons (Fsp3) is 0.450. The summed E-state index contributed by atoms with van der Waals surface area (Å²) in [5.74, 6) is 0.266. The van der Waals surface area contributed by atoms with Gasteiger partial charge in [-0.15, -0.1) is 11.8 Å². The van der Waals surface area contributed by atoms with Crippen LogP contribution in [0.5, 0.6) is 0 Å². The normalized spacial score (nSPS) is 24.6. The second kappa shape index (κ2) is 8.22. The maximum absolute atomic E-state index is 12.6. The van der Waals surface area contributed by atoms with Crippen molar-refractivity contribution in [3.8, 4) is 0 Å². The van der Waals surface area contributed by atoms with Crippen LogP contribution in [0.1, 0.15) is 12.8 Å². The molecule has 4 rings (SSSR count). The minimum atomic E-state index is -3.11. The number of amides is 1. The van der Waals surface area contributed by atoms with Gasteiger partial charge in [-0.1, -0.05) is 35.9 Å². The lowest BCUT2D eigenvalue weighted by Crippen LogP contribution is -2.50. The van der Waals surface area contributed by atoms with Gasteiger partial charge in [-0.3, -0.25) is 9.69 Å². The molecule has 2 aromatic carbocycles. The van der Waals surface area contributed by atoms with Crippen molar-refractivity contribution in [2.24, 2.45) is 0 Å². The van der Waals surface area contributed by atoms with E-state index in [0.717, 1.165) is 41.6 Å². The molecule has 0 aromatic heterocycles. The number of benzene rings is 2. The van der Waals surface area contributed by atoms with E-state index in [4.69, 9.17) is 11.6 Å². The number of thioether (sulfide) groups is 1. The molecule has 2 fully saturated rings. The predicted molar refractivity (Wildman–Crippen MR) is 115 cm³/mol. The van der Waals surface area contributed by atoms with Crippen LogP contribution >= 0.6 is 23.4 Å². The first kappa shape index (κ1) is 20.0. The average molecular weight is 439 g/mol. The standard InChI is InChI=1S/C20H23ClN2O3S2/c21-15-7-3-5-14-6-4-8-18(20(14)15)27-11-19(24)22-16-12-28(25,26)13-17(16)23-9-1-2-10-23/h3-8,16-17H,1-2,9-13H2,(H,22,24). The Kier molecular flexibility index (Phi) is 5.88. The molecule has 2 heterocycles. The Morgan fingerprint density at radius 3 is 2.61 bits per heavy atom. The monoisotopic (exact) mass is 438 g/mol. The summed E-state index contributed by atoms with van der Waals surface area (Å²) in [4.78, 5) is 15.8. The molecule has 2 saturated heterocycles. The Balaban J connectivity index is 1.43. The molecular weight excluding hydrogens is 416 g/mol. The fourth-order valence-corrected chi connectivity index (χ4v) is 7.38. The van der Waals surface area contributed by atoms with E-state index in [1.165, 1.54) is 11.8 Å². The van der Waals surface area contributed by atoms with Crippen molar-refractivity contribution >= 4 is 49.9 Å². The number of carbonyl (C=O) groups excluding carboxylic acids is 1. The zero-order valence-electron chi connectivity index (χ0n) is 15.4. The number of hydrogen-bond donors (Lipinski definition) is 1. The molecular formula is C20H23ClN2O3S2. The summed E-state index contributed by atoms with van der Waals surface area (Å²) in [5, 5.41) is 5.63. The van der Waals surface area contributed by atoms with Crippen molar-refractivity contribution in [2.45, 2.75) is 29.8 Å². The van der Waals surface area contributed by atoms with E-state index in [9.17, 15) is 13.2 Å². The van der Waals surface area contributed by atoms with Crippen LogP contribution in [0.3, 0.4) is 0 Å². The van der Waals surface area contributed by atoms with Crippen LogP contribution in [-0.2, 0) is 14.6 Å². The minimum absolute atomic E-state index is 0.0324. The maximum Gasteiger partial charge on any atom is 0.230 e. The van der Waals surface area contributed by atoms with Gasteiger partial charge in [-0.25, -0.2) is 8.42 Å². The van der Waals surface area contributed by atoms with Gasteiger partial charge in [0.25, 0.3) is 0 Å². The highest BCUT2D eigenvalue weighted by molar-refractivity contribution is 8.00. The highest BCUT2D eigenvalue weighted by Crippen LogP contribution is 2.33. The smallest absolute Gasteiger partial charge is 0.230 e. The number of hydrogen-bond acceptors (Lipinski definition) is 5. The average Bonchev–Trinajstić information content (AvgIpc) is 3.27. The maximum atomic E-state index is 12.6. The van der Waals surface area contributed by atoms with Crippen molar-refractivity contribution in [3.05, 3.63) is 41.4 Å². The zero-order valence-corrected chi connectivity index (χ0v) is 17.8. The topological polar surface area (TPSA) is 66.5 Å². The highest BCUT2D eigenvalue weighted by atomic mass is 35.5. The van der Waals surface area contributed by atoms with Gasteiger partial charge in [-0.05, 0) is 43.5 Å². The zero-order chi connectivity index (χ0) is 19.7. The Labute approximate surface area is 174 Å². The quantitative estimate of drug-likeness (QED) is 0.727. The van der Waals surface area contributed by atoms with Crippen LogP contribution < -0.4 is 5.32 Å². The largest absolute Gasteiger partial charge is 0.350 e. The number of nitrogens with one attached hydrogen (secondary N) is 1. The second-order valence-corrected chi connectivity index (χ2v) is 11.0. The summed E-state index contributed by atoms with van der Waals surface area (Å²) in [6.07, 6.45) is 2.18. The molecule has 0 bridgehead atoms. The van der Waals surface area contributed by atoms with Crippen LogP contribution in [0, 0.1) is 0 Å². The first-order valence-corrected chi connectivity index (χ1v) is 12.7. The molecule has 1 N–H and O–H groups in total. The first-order valence-electron chi connectivity index (χ1n) is 9.47. The Hall–Kier alpha value is -1.28. The number of rotatable bonds is 5. The molecule has 0 saturated carbocycles. The van der Waals surface area contributed by atoms with E-state index in [2.05, 4.69) is 10.2 Å². The molecule has 2 unspecified atom stereocenters. The molecule has 2 aliphatic rings. The molecule has 2 aromatic rings. The van der Waals surface area contributed by atoms with Crippen molar-refractivity contribution in [3.63, 3.8) is 0 Å². The molecule has 5 nitrogen and oxygen atoms in total. The Bertz CT molecular complexity index is 985. The lowest BCUT2D eigenvalue weighted by Gasteiger charge is -2.28. The van der Waals surface area contributed by atoms with E-state index >= 15 is 0 Å². The SMILES string of the molecule is O=C(CSc1cccc2cccc(Cl)c12)NC1CS(=O)(=O)CC1N1CCCC1. The van der Waals surface area contributed by atoms with Gasteiger partial charge in [-0.2, -0.15) is 0 Å². The van der Waals surface area contributed by atoms with Gasteiger partial charge in [0.2, 0.25) is 5.91 Å². The number of fused-ring (bicyclic) bond motifs is 1. The highest BCUT2D eigenvalue weighted by Gasteiger charge is 2.42. The molecule has 28 heavy (non-hydrogen) atoms. The number of likely N-dealkylation sites (tertiary alicyclic amines) is 1. The Morgan fingerprint density at radius 2 is 1.86 bits per heavy atom. The summed E-state index contributed by atoms with van der Waals surface area (Å²) in [7, 11) is -3.11. The molecule has 8 heteroatoms. The summed E-state index contributed by atoms with van der Waals surface area (Å²) in [6, 6.07) is 11.2. The first-order chi connectivity index (χ1) is 13.4. The van der Waals surface area contributed by atoms with Gasteiger partial charge in [0, 0.05) is 21.3 Å². The lowest BCUT2D eigenvalue weighted by atomic mass is 10.1. The van der Waals surface area contributed by atoms with E-state index in [1.807, 2.05) is 36.4 Å². The van der Waals surface area contributed by atoms with Crippen molar-refractivity contribution in [1.29, 1.82) is 0 Å². The van der Waals surface area contributed by atoms with E-state index in [1.54, 1.807) is 0 Å². The fourth-order valence-electron chi connectivity index (χ4n) is 4.17. The van der Waals surface area contributed by atoms with Crippen LogP contribution in [0.2, 0.25) is 5.02 Å². The lowest BCUT2D eigenvalue weighted by molar-refractivity contribution is -0.119. The third-order valence-electron chi connectivity index (χ3n) is 5.45. The molecule has 2 aliphatic heterocycles. The number of halogens is 1. The van der Waals surface area contributed by atoms with Gasteiger partial charge >= 0.3 is 0 Å². The van der Waals surface area contributed by atoms with E-state index < -0.39 is 9.84 Å². The minimum Gasteiger partial charge on any atom is -0.350 e. The van der Waals surface area contributed by atoms with Crippen molar-refractivity contribution in [2.75, 3.05) is 30.3 Å². The molecule has 1 amide bonds. The summed E-state index contributed by atoms with van der Waals surface area (Å²) >= 11 is 7.78. The Morgan fingerprint density at radius 1 is 1.14 bits per heavy atom. The number of sulfone groups is 1. The number of nitrogens with zero attached hydrogens (tertiary/aromatic N) is 1. The molecule has 2 atom stereocenters. The van der Waals surface area contributed by atoms with Crippen LogP contribution in [0.15, 0.2) is 41.3 Å². The van der Waals surface area contributed by atoms with Gasteiger partial charge in [0.05, 0.1) is 23.3 Å². The van der Waals surface area contributed by atoms with Crippen molar-refractivity contribution in [1.82, 2.24) is 10.2 Å². The summed E-state index contributed by atoms with van der Waals surface area (Å²) in [6.45, 7) is 1.83. The van der Waals surface area contributed by atoms with Crippen LogP contribution in [0.25, 0.3) is 10.8 Å². The molecule has 0 aliphatic carbocycles. The summed E-state index contributed by atoms with van der Waals surface area (Å²) in [5.41, 5.74) is 0. The van der Waals surface area contributed by atoms with Gasteiger partial charge in [0.1, 0.15) is 0 Å². The molecule has 0 spiro atoms. The van der Waals surface area contributed by atoms with Crippen molar-refractivity contribution < 1.29 is 13.2 Å².